The Bertz CT molecular complexity index is 3360. The molecule has 788 valence electrons. The second kappa shape index (κ2) is 70.4. The minimum Gasteiger partial charge on any atom is -0.465 e. The van der Waals surface area contributed by atoms with E-state index in [1.807, 2.05) is 96.9 Å². The number of aliphatic hydroxyl groups is 1. The van der Waals surface area contributed by atoms with Gasteiger partial charge in [0.2, 0.25) is 6.29 Å². The number of hydrogen-bond donors (Lipinski definition) is 2. The molecule has 0 aromatic rings. The number of carbonyl (C=O) groups excluding carboxylic acids is 11. The molecule has 0 rings (SSSR count). The Hall–Kier alpha value is -5.26. The molecule has 0 radical (unpaired) electrons. The van der Waals surface area contributed by atoms with Crippen LogP contribution in [0.5, 0.6) is 0 Å². The average Bonchev–Trinajstić information content (AvgIpc) is 0.791. The first-order chi connectivity index (χ1) is 61.0. The maximum absolute atomic E-state index is 12.4. The Labute approximate surface area is 817 Å². The van der Waals surface area contributed by atoms with E-state index in [2.05, 4.69) is 167 Å². The summed E-state index contributed by atoms with van der Waals surface area (Å²) in [5.41, 5.74) is 0.466. The molecule has 0 aliphatic carbocycles. The van der Waals surface area contributed by atoms with Gasteiger partial charge in [-0.2, -0.15) is 5.48 Å². The molecule has 0 saturated carbocycles. The van der Waals surface area contributed by atoms with Crippen LogP contribution in [-0.2, 0) is 139 Å². The lowest BCUT2D eigenvalue weighted by molar-refractivity contribution is -0.181. The highest BCUT2D eigenvalue weighted by atomic mass is 28.5. The van der Waals surface area contributed by atoms with E-state index in [0.717, 1.165) is 49.9 Å². The summed E-state index contributed by atoms with van der Waals surface area (Å²) in [5, 5.41) is 9.76. The zero-order valence-electron chi connectivity index (χ0n) is 90.3. The van der Waals surface area contributed by atoms with Crippen LogP contribution >= 0.6 is 0 Å². The van der Waals surface area contributed by atoms with Gasteiger partial charge in [0.05, 0.1) is 59.9 Å². The average molecular weight is 2070 g/mol. The summed E-state index contributed by atoms with van der Waals surface area (Å²) in [6.45, 7) is 90.5. The number of esters is 10. The largest absolute Gasteiger partial charge is 0.471 e. The van der Waals surface area contributed by atoms with E-state index in [9.17, 15) is 57.8 Å². The molecule has 0 aliphatic rings. The van der Waals surface area contributed by atoms with Gasteiger partial charge in [-0.25, -0.2) is 19.2 Å². The van der Waals surface area contributed by atoms with E-state index in [4.69, 9.17) is 86.4 Å². The van der Waals surface area contributed by atoms with Crippen molar-refractivity contribution >= 4 is 141 Å². The zero-order valence-corrected chi connectivity index (χ0v) is 99.3. The molecular weight excluding hydrogens is 1880 g/mol. The summed E-state index contributed by atoms with van der Waals surface area (Å²) >= 11 is 0. The first-order valence-corrected chi connectivity index (χ1v) is 75.3. The maximum atomic E-state index is 12.4. The molecule has 134 heavy (non-hydrogen) atoms. The van der Waals surface area contributed by atoms with Crippen molar-refractivity contribution < 1.29 is 149 Å². The SMILES string of the molecule is C=C(C)C(=O)OCCOC(=O)C(C)(C)CC.C=CC(=O)OCCCC(=O)OCCOC(=O)C(C)CC.C=CC(=O)OCCOC(=O)C(C)(C)CC.CCC(C)(C)C(=O)OC(O)CCOCCC[Si](C)(C)O[Si](C)(C)C.CCC(C)(C)C(=O)OCCC[Si](O[Si](C)(C)C)(O[Si](C)(C)C)O[Si](C)(C)O[Si](C)(C)C.CCC(C)C(=O)OCCONC(=O)OCCOCCC[Si](C)(C)O[Si](C)(C)C. The van der Waals surface area contributed by atoms with Crippen molar-refractivity contribution in [1.29, 1.82) is 0 Å². The van der Waals surface area contributed by atoms with Crippen LogP contribution in [0.4, 0.5) is 4.79 Å². The van der Waals surface area contributed by atoms with Gasteiger partial charge in [-0.05, 0) is 276 Å². The predicted molar refractivity (Wildman–Crippen MR) is 547 cm³/mol. The lowest BCUT2D eigenvalue weighted by atomic mass is 9.91. The third-order valence-corrected chi connectivity index (χ3v) is 47.2. The summed E-state index contributed by atoms with van der Waals surface area (Å²) in [6, 6.07) is 2.75. The molecule has 0 fully saturated rings. The van der Waals surface area contributed by atoms with Crippen molar-refractivity contribution in [3.63, 3.8) is 0 Å². The fraction of sp³-hybridized carbons (Fsp3) is 0.815. The molecule has 0 bridgehead atoms. The van der Waals surface area contributed by atoms with Crippen LogP contribution in [0.25, 0.3) is 0 Å². The number of hydroxylamine groups is 1. The topological polar surface area (TPSA) is 405 Å². The first kappa shape index (κ1) is 139. The van der Waals surface area contributed by atoms with Crippen LogP contribution in [0.2, 0.25) is 156 Å². The minimum atomic E-state index is -3.04. The third-order valence-electron chi connectivity index (χ3n) is 18.8. The number of rotatable bonds is 63. The highest BCUT2D eigenvalue weighted by Crippen LogP contribution is 2.33. The van der Waals surface area contributed by atoms with Gasteiger partial charge in [0.15, 0.2) is 58.2 Å². The molecule has 0 aromatic heterocycles. The van der Waals surface area contributed by atoms with Crippen LogP contribution < -0.4 is 5.48 Å². The second-order valence-corrected chi connectivity index (χ2v) is 80.1. The maximum Gasteiger partial charge on any atom is 0.471 e. The molecule has 3 unspecified atom stereocenters. The van der Waals surface area contributed by atoms with Crippen molar-refractivity contribution in [2.75, 3.05) is 99.1 Å². The van der Waals surface area contributed by atoms with E-state index < -0.39 is 134 Å². The monoisotopic (exact) mass is 2070 g/mol. The lowest BCUT2D eigenvalue weighted by Crippen LogP contribution is -2.62. The van der Waals surface area contributed by atoms with Gasteiger partial charge in [0.1, 0.15) is 59.5 Å². The van der Waals surface area contributed by atoms with Crippen LogP contribution in [0.15, 0.2) is 37.5 Å². The number of nitrogens with one attached hydrogen (secondary N) is 1. The lowest BCUT2D eigenvalue weighted by Gasteiger charge is -2.44. The summed E-state index contributed by atoms with van der Waals surface area (Å²) in [5.74, 6) is -3.85. The molecule has 0 heterocycles. The van der Waals surface area contributed by atoms with Gasteiger partial charge in [-0.15, -0.1) is 0 Å². The van der Waals surface area contributed by atoms with Crippen molar-refractivity contribution in [2.45, 2.75) is 357 Å². The summed E-state index contributed by atoms with van der Waals surface area (Å²) < 4.78 is 105. The molecule has 1 amide bonds. The normalized spacial score (nSPS) is 12.9. The minimum absolute atomic E-state index is 0.0352. The van der Waals surface area contributed by atoms with Crippen LogP contribution in [0.3, 0.4) is 0 Å². The Morgan fingerprint density at radius 1 is 0.366 bits per heavy atom. The molecule has 0 spiro atoms. The van der Waals surface area contributed by atoms with E-state index >= 15 is 0 Å². The highest BCUT2D eigenvalue weighted by Gasteiger charge is 2.52. The van der Waals surface area contributed by atoms with E-state index in [1.165, 1.54) is 0 Å². The number of amides is 1. The molecule has 0 aliphatic heterocycles. The van der Waals surface area contributed by atoms with Gasteiger partial charge in [0, 0.05) is 49.8 Å². The standard InChI is InChI=1S/C20H50O6Si5.C18H39NO7Si2.C17H38O5Si2.C14H22O6.C12H20O4.C11H18O4/c1-15-20(2,3)19(21)22-17-16-18-31(24-28(7,8)9,25-29(10,11)12)26-30(13,14)23-27(4,5)6;1-8-16(2)17(20)23-13-14-25-19-18(21)24-12-11-22-10-9-15-28(6,7)26-27(3,4)5;1-9-17(2,3)16(19)21-15(18)11-13-20-12-10-14-24(7,8)22-23(4,5)6;1-4-11(3)14(17)20-10-9-19-13(16)7-6-8-18-12(15)5-2;1-6-12(4,5)11(14)16-8-7-15-10(13)9(2)3;1-5-9(12)14-7-8-15-10(13)11(3,4)6-2/h15-18H2,1-14H3;16H,8-15H2,1-7H3,(H,19,21);15,18H,9-14H2,1-8H3;5,11H,2,4,6-10H2,1,3H3;2,6-8H2,1,3-5H3;5H,1,6-8H2,2-4H3. The number of hydrogen-bond acceptors (Lipinski definition) is 32. The van der Waals surface area contributed by atoms with Crippen molar-refractivity contribution in [1.82, 2.24) is 5.48 Å². The summed E-state index contributed by atoms with van der Waals surface area (Å²) in [6.07, 6.45) is 7.98. The quantitative estimate of drug-likeness (QED) is 0.0109. The molecule has 3 atom stereocenters. The van der Waals surface area contributed by atoms with E-state index in [-0.39, 0.29) is 120 Å². The van der Waals surface area contributed by atoms with Crippen molar-refractivity contribution in [2.24, 2.45) is 33.5 Å². The van der Waals surface area contributed by atoms with E-state index in [0.29, 0.717) is 89.6 Å². The number of carbonyl (C=O) groups is 11. The Kier molecular flexibility index (Phi) is 73.2. The summed E-state index contributed by atoms with van der Waals surface area (Å²) in [7, 11) is -17.4. The highest BCUT2D eigenvalue weighted by molar-refractivity contribution is 6.91. The number of aliphatic hydroxyl groups excluding tert-OH is 1. The van der Waals surface area contributed by atoms with Gasteiger partial charge >= 0.3 is 83.2 Å². The van der Waals surface area contributed by atoms with Gasteiger partial charge in [-0.3, -0.25) is 38.4 Å². The fourth-order valence-corrected chi connectivity index (χ4v) is 46.7. The Morgan fingerprint density at radius 2 is 0.694 bits per heavy atom. The first-order valence-electron chi connectivity index (χ1n) is 47.2. The molecule has 42 heteroatoms. The summed E-state index contributed by atoms with van der Waals surface area (Å²) in [4.78, 5) is 130. The zero-order chi connectivity index (χ0) is 106. The Morgan fingerprint density at radius 3 is 1.07 bits per heavy atom. The number of ether oxygens (including phenoxy) is 13. The smallest absolute Gasteiger partial charge is 0.465 e. The molecule has 33 nitrogen and oxygen atoms in total. The Balaban J connectivity index is -0.000000373. The van der Waals surface area contributed by atoms with Crippen LogP contribution in [0, 0.1) is 33.5 Å². The van der Waals surface area contributed by atoms with Crippen molar-refractivity contribution in [3.8, 4) is 0 Å². The fourth-order valence-electron chi connectivity index (χ4n) is 10.3. The molecular formula is C92H187NO32Si9. The molecule has 0 saturated heterocycles. The van der Waals surface area contributed by atoms with Gasteiger partial charge in [0.25, 0.3) is 0 Å². The molecule has 0 aromatic carbocycles. The van der Waals surface area contributed by atoms with Crippen molar-refractivity contribution in [3.05, 3.63) is 37.5 Å². The van der Waals surface area contributed by atoms with Gasteiger partial charge < -0.3 is 91.4 Å². The van der Waals surface area contributed by atoms with Crippen LogP contribution in [-0.4, -0.2) is 252 Å². The van der Waals surface area contributed by atoms with E-state index in [1.54, 1.807) is 20.8 Å². The van der Waals surface area contributed by atoms with Crippen LogP contribution in [0.1, 0.15) is 195 Å². The van der Waals surface area contributed by atoms with Gasteiger partial charge in [-0.1, -0.05) is 75.1 Å². The third kappa shape index (κ3) is 82.6. The second-order valence-electron chi connectivity index (χ2n) is 41.3. The molecule has 2 N–H and O–H groups in total. The predicted octanol–water partition coefficient (Wildman–Crippen LogP) is 19.8.